The van der Waals surface area contributed by atoms with Gasteiger partial charge in [0.15, 0.2) is 0 Å². The average molecular weight is 452 g/mol. The van der Waals surface area contributed by atoms with Gasteiger partial charge in [0.25, 0.3) is 5.69 Å². The number of nitrogens with one attached hydrogen (secondary N) is 2. The lowest BCUT2D eigenvalue weighted by molar-refractivity contribution is -0.384. The first-order valence-electron chi connectivity index (χ1n) is 9.54. The van der Waals surface area contributed by atoms with Crippen LogP contribution in [0.5, 0.6) is 11.5 Å². The van der Waals surface area contributed by atoms with Crippen LogP contribution in [0.2, 0.25) is 0 Å². The number of methoxy groups -OCH3 is 2. The summed E-state index contributed by atoms with van der Waals surface area (Å²) in [6.07, 6.45) is 1.22. The molecule has 2 aromatic carbocycles. The Morgan fingerprint density at radius 1 is 1.06 bits per heavy atom. The number of hydrogen-bond acceptors (Lipinski definition) is 8. The minimum absolute atomic E-state index is 0.0165. The molecule has 0 radical (unpaired) electrons. The Balaban J connectivity index is 1.63. The normalized spacial score (nSPS) is 10.6. The van der Waals surface area contributed by atoms with Gasteiger partial charge >= 0.3 is 11.8 Å². The predicted octanol–water partition coefficient (Wildman–Crippen LogP) is 3.27. The van der Waals surface area contributed by atoms with Gasteiger partial charge in [0.05, 0.1) is 31.0 Å². The van der Waals surface area contributed by atoms with E-state index in [0.29, 0.717) is 34.1 Å². The molecule has 170 valence electrons. The number of hydrogen-bond donors (Lipinski definition) is 2. The first-order valence-corrected chi connectivity index (χ1v) is 9.54. The molecule has 0 bridgehead atoms. The van der Waals surface area contributed by atoms with Crippen LogP contribution in [-0.4, -0.2) is 37.2 Å². The highest BCUT2D eigenvalue weighted by Gasteiger charge is 2.16. The van der Waals surface area contributed by atoms with Gasteiger partial charge in [-0.3, -0.25) is 19.7 Å². The number of aryl methyl sites for hydroxylation is 1. The van der Waals surface area contributed by atoms with E-state index in [-0.39, 0.29) is 11.4 Å². The smallest absolute Gasteiger partial charge is 0.329 e. The van der Waals surface area contributed by atoms with E-state index < -0.39 is 16.7 Å². The fourth-order valence-electron chi connectivity index (χ4n) is 2.90. The highest BCUT2D eigenvalue weighted by atomic mass is 16.6. The number of anilines is 1. The molecule has 0 aliphatic heterocycles. The number of nitro groups is 1. The lowest BCUT2D eigenvalue weighted by atomic mass is 10.1. The van der Waals surface area contributed by atoms with Crippen molar-refractivity contribution in [2.24, 2.45) is 5.10 Å². The van der Waals surface area contributed by atoms with Gasteiger partial charge in [-0.2, -0.15) is 5.10 Å². The number of amides is 2. The molecule has 3 aromatic rings. The van der Waals surface area contributed by atoms with Gasteiger partial charge in [-0.1, -0.05) is 0 Å². The molecule has 0 saturated heterocycles. The molecule has 0 unspecified atom stereocenters. The van der Waals surface area contributed by atoms with Gasteiger partial charge in [0.2, 0.25) is 0 Å². The van der Waals surface area contributed by atoms with Crippen LogP contribution in [-0.2, 0) is 9.59 Å². The highest BCUT2D eigenvalue weighted by Crippen LogP contribution is 2.29. The summed E-state index contributed by atoms with van der Waals surface area (Å²) in [4.78, 5) is 34.6. The highest BCUT2D eigenvalue weighted by molar-refractivity contribution is 6.39. The second-order valence-electron chi connectivity index (χ2n) is 6.68. The molecule has 11 heteroatoms. The van der Waals surface area contributed by atoms with Gasteiger partial charge < -0.3 is 19.2 Å². The van der Waals surface area contributed by atoms with E-state index in [0.717, 1.165) is 0 Å². The summed E-state index contributed by atoms with van der Waals surface area (Å²) in [5, 5.41) is 17.0. The number of nitrogens with zero attached hydrogens (tertiary/aromatic N) is 2. The van der Waals surface area contributed by atoms with E-state index in [9.17, 15) is 19.7 Å². The number of hydrazone groups is 1. The maximum atomic E-state index is 12.2. The molecule has 2 N–H and O–H groups in total. The minimum atomic E-state index is -1.01. The lowest BCUT2D eigenvalue weighted by Gasteiger charge is -2.10. The van der Waals surface area contributed by atoms with Crippen LogP contribution in [0.3, 0.4) is 0 Å². The number of nitro benzene ring substituents is 1. The second-order valence-corrected chi connectivity index (χ2v) is 6.68. The Labute approximate surface area is 188 Å². The third-order valence-corrected chi connectivity index (χ3v) is 4.53. The second kappa shape index (κ2) is 10.1. The monoisotopic (exact) mass is 452 g/mol. The van der Waals surface area contributed by atoms with Crippen molar-refractivity contribution in [3.05, 3.63) is 70.0 Å². The van der Waals surface area contributed by atoms with Crippen LogP contribution < -0.4 is 20.2 Å². The van der Waals surface area contributed by atoms with Crippen molar-refractivity contribution in [3.63, 3.8) is 0 Å². The molecular weight excluding hydrogens is 432 g/mol. The Kier molecular flexibility index (Phi) is 7.03. The number of carbonyl (C=O) groups is 2. The van der Waals surface area contributed by atoms with E-state index in [1.54, 1.807) is 37.3 Å². The van der Waals surface area contributed by atoms with Crippen LogP contribution in [0.4, 0.5) is 11.4 Å². The summed E-state index contributed by atoms with van der Waals surface area (Å²) in [7, 11) is 2.90. The standard InChI is InChI=1S/C22H20N4O7/c1-13-10-14(26(29)30)4-7-17(13)19-8-6-16(33-19)12-23-25-22(28)21(27)24-18-11-15(31-2)5-9-20(18)32-3/h4-12H,1-3H3,(H,24,27)(H,25,28)/b23-12+. The van der Waals surface area contributed by atoms with Crippen molar-refractivity contribution < 1.29 is 28.4 Å². The minimum Gasteiger partial charge on any atom is -0.497 e. The van der Waals surface area contributed by atoms with Crippen LogP contribution in [0.15, 0.2) is 58.0 Å². The molecular formula is C22H20N4O7. The van der Waals surface area contributed by atoms with Crippen molar-refractivity contribution in [3.8, 4) is 22.8 Å². The summed E-state index contributed by atoms with van der Waals surface area (Å²) in [6.45, 7) is 1.73. The first kappa shape index (κ1) is 23.0. The predicted molar refractivity (Wildman–Crippen MR) is 119 cm³/mol. The number of furan rings is 1. The van der Waals surface area contributed by atoms with Crippen molar-refractivity contribution >= 4 is 29.4 Å². The van der Waals surface area contributed by atoms with Crippen LogP contribution in [0, 0.1) is 17.0 Å². The topological polar surface area (TPSA) is 145 Å². The van der Waals surface area contributed by atoms with Crippen LogP contribution in [0.1, 0.15) is 11.3 Å². The third-order valence-electron chi connectivity index (χ3n) is 4.53. The largest absolute Gasteiger partial charge is 0.497 e. The molecule has 11 nitrogen and oxygen atoms in total. The molecule has 0 saturated carbocycles. The maximum Gasteiger partial charge on any atom is 0.329 e. The summed E-state index contributed by atoms with van der Waals surface area (Å²) in [5.41, 5.74) is 3.70. The van der Waals surface area contributed by atoms with Crippen molar-refractivity contribution in [1.82, 2.24) is 5.43 Å². The van der Waals surface area contributed by atoms with Crippen LogP contribution >= 0.6 is 0 Å². The van der Waals surface area contributed by atoms with E-state index >= 15 is 0 Å². The summed E-state index contributed by atoms with van der Waals surface area (Å²) in [5.74, 6) is -0.364. The van der Waals surface area contributed by atoms with Gasteiger partial charge in [-0.05, 0) is 42.8 Å². The summed E-state index contributed by atoms with van der Waals surface area (Å²) in [6, 6.07) is 12.4. The molecule has 0 spiro atoms. The fourth-order valence-corrected chi connectivity index (χ4v) is 2.90. The fraction of sp³-hybridized carbons (Fsp3) is 0.136. The van der Waals surface area contributed by atoms with Crippen molar-refractivity contribution in [1.29, 1.82) is 0 Å². The first-order chi connectivity index (χ1) is 15.8. The van der Waals surface area contributed by atoms with E-state index in [2.05, 4.69) is 15.8 Å². The zero-order valence-electron chi connectivity index (χ0n) is 17.9. The summed E-state index contributed by atoms with van der Waals surface area (Å²) >= 11 is 0. The molecule has 33 heavy (non-hydrogen) atoms. The Morgan fingerprint density at radius 3 is 2.52 bits per heavy atom. The zero-order chi connectivity index (χ0) is 24.0. The summed E-state index contributed by atoms with van der Waals surface area (Å²) < 4.78 is 15.9. The quantitative estimate of drug-likeness (QED) is 0.242. The maximum absolute atomic E-state index is 12.2. The number of rotatable bonds is 7. The Hall–Kier alpha value is -4.67. The molecule has 0 aliphatic carbocycles. The zero-order valence-corrected chi connectivity index (χ0v) is 17.9. The molecule has 0 aliphatic rings. The Morgan fingerprint density at radius 2 is 1.85 bits per heavy atom. The number of ether oxygens (including phenoxy) is 2. The molecule has 1 heterocycles. The van der Waals surface area contributed by atoms with Gasteiger partial charge in [0.1, 0.15) is 23.0 Å². The molecule has 1 aromatic heterocycles. The lowest BCUT2D eigenvalue weighted by Crippen LogP contribution is -2.32. The van der Waals surface area contributed by atoms with E-state index in [4.69, 9.17) is 13.9 Å². The Bertz CT molecular complexity index is 1230. The third kappa shape index (κ3) is 5.53. The molecule has 3 rings (SSSR count). The van der Waals surface area contributed by atoms with Gasteiger partial charge in [-0.25, -0.2) is 5.43 Å². The van der Waals surface area contributed by atoms with Gasteiger partial charge in [0, 0.05) is 23.8 Å². The van der Waals surface area contributed by atoms with E-state index in [1.165, 1.54) is 38.6 Å². The van der Waals surface area contributed by atoms with E-state index in [1.807, 2.05) is 0 Å². The number of carbonyl (C=O) groups excluding carboxylic acids is 2. The molecule has 2 amide bonds. The number of benzene rings is 2. The average Bonchev–Trinajstić information content (AvgIpc) is 3.27. The van der Waals surface area contributed by atoms with Gasteiger partial charge in [-0.15, -0.1) is 0 Å². The van der Waals surface area contributed by atoms with Crippen molar-refractivity contribution in [2.75, 3.05) is 19.5 Å². The number of non-ortho nitro benzene ring substituents is 1. The van der Waals surface area contributed by atoms with Crippen molar-refractivity contribution in [2.45, 2.75) is 6.92 Å². The van der Waals surface area contributed by atoms with Crippen LogP contribution in [0.25, 0.3) is 11.3 Å². The molecule has 0 atom stereocenters. The SMILES string of the molecule is COc1ccc(OC)c(NC(=O)C(=O)N/N=C/c2ccc(-c3ccc([N+](=O)[O-])cc3C)o2)c1. The molecule has 0 fully saturated rings.